The van der Waals surface area contributed by atoms with Crippen LogP contribution in [0, 0.1) is 0 Å². The molecule has 0 radical (unpaired) electrons. The summed E-state index contributed by atoms with van der Waals surface area (Å²) in [5, 5.41) is 6.94. The Bertz CT molecular complexity index is 409. The number of hydrogen-bond acceptors (Lipinski definition) is 4. The molecule has 0 aliphatic carbocycles. The fourth-order valence-corrected chi connectivity index (χ4v) is 3.57. The first-order valence-corrected chi connectivity index (χ1v) is 10.2. The quantitative estimate of drug-likeness (QED) is 0.428. The Morgan fingerprint density at radius 2 is 1.92 bits per heavy atom. The molecule has 0 fully saturated rings. The first-order chi connectivity index (χ1) is 11.6. The van der Waals surface area contributed by atoms with E-state index in [4.69, 9.17) is 5.73 Å². The van der Waals surface area contributed by atoms with Crippen LogP contribution < -0.4 is 11.1 Å². The van der Waals surface area contributed by atoms with Crippen molar-refractivity contribution in [1.82, 2.24) is 4.90 Å². The molecule has 0 aliphatic rings. The van der Waals surface area contributed by atoms with Gasteiger partial charge in [-0.15, -0.1) is 11.3 Å². The van der Waals surface area contributed by atoms with Crippen LogP contribution >= 0.6 is 11.3 Å². The van der Waals surface area contributed by atoms with Crippen molar-refractivity contribution in [3.63, 3.8) is 0 Å². The van der Waals surface area contributed by atoms with Crippen molar-refractivity contribution in [1.29, 1.82) is 0 Å². The monoisotopic (exact) mass is 355 g/mol. The third kappa shape index (κ3) is 10.1. The molecule has 0 bridgehead atoms. The first-order valence-electron chi connectivity index (χ1n) is 9.29. The number of amides is 1. The summed E-state index contributed by atoms with van der Waals surface area (Å²) in [6.07, 6.45) is 9.57. The number of nitrogens with two attached hydrogens (primary N) is 1. The topological polar surface area (TPSA) is 58.4 Å². The van der Waals surface area contributed by atoms with Gasteiger partial charge in [-0.3, -0.25) is 4.79 Å². The zero-order valence-corrected chi connectivity index (χ0v) is 16.8. The Morgan fingerprint density at radius 3 is 2.50 bits per heavy atom. The molecular weight excluding hydrogens is 318 g/mol. The van der Waals surface area contributed by atoms with Crippen molar-refractivity contribution in [2.24, 2.45) is 5.73 Å². The number of nitrogens with one attached hydrogen (secondary N) is 1. The molecule has 24 heavy (non-hydrogen) atoms. The van der Waals surface area contributed by atoms with Crippen LogP contribution in [-0.2, 0) is 11.2 Å². The minimum atomic E-state index is 0.697. The smallest absolute Gasteiger partial charge is 0.211 e. The number of thiophene rings is 1. The van der Waals surface area contributed by atoms with Crippen molar-refractivity contribution in [3.05, 3.63) is 16.3 Å². The van der Waals surface area contributed by atoms with E-state index in [0.717, 1.165) is 31.6 Å². The number of carbonyl (C=O) groups excluding carboxylic acids is 1. The van der Waals surface area contributed by atoms with E-state index in [2.05, 4.69) is 36.5 Å². The highest BCUT2D eigenvalue weighted by Crippen LogP contribution is 2.22. The predicted octanol–water partition coefficient (Wildman–Crippen LogP) is 4.50. The van der Waals surface area contributed by atoms with Gasteiger partial charge in [0, 0.05) is 18.0 Å². The number of likely N-dealkylation sites (N-methyl/N-ethyl adjacent to an activating group) is 1. The molecule has 140 valence electrons. The standard InChI is InChI=1S/C17H30N2OS.C2H7N/c1-4-6-7-9-16(8-5-2)19(3)11-10-15-12-21-13-17(15)18-14-20;1-2-3/h12-14,16H,4-11H2,1-3H3,(H,18,20);2-3H2,1H3. The van der Waals surface area contributed by atoms with Gasteiger partial charge in [0.15, 0.2) is 0 Å². The molecule has 1 heterocycles. The summed E-state index contributed by atoms with van der Waals surface area (Å²) in [6.45, 7) is 8.24. The van der Waals surface area contributed by atoms with Gasteiger partial charge in [-0.25, -0.2) is 0 Å². The van der Waals surface area contributed by atoms with Crippen LogP contribution in [-0.4, -0.2) is 37.5 Å². The highest BCUT2D eigenvalue weighted by molar-refractivity contribution is 7.08. The van der Waals surface area contributed by atoms with Crippen molar-refractivity contribution in [2.75, 3.05) is 25.5 Å². The van der Waals surface area contributed by atoms with Crippen LogP contribution in [0.2, 0.25) is 0 Å². The van der Waals surface area contributed by atoms with Crippen LogP contribution in [0.15, 0.2) is 10.8 Å². The summed E-state index contributed by atoms with van der Waals surface area (Å²) in [7, 11) is 2.24. The maximum absolute atomic E-state index is 10.6. The van der Waals surface area contributed by atoms with Gasteiger partial charge in [0.25, 0.3) is 0 Å². The summed E-state index contributed by atoms with van der Waals surface area (Å²) in [5.74, 6) is 0. The number of nitrogens with zero attached hydrogens (tertiary/aromatic N) is 1. The molecule has 0 aromatic carbocycles. The maximum Gasteiger partial charge on any atom is 0.211 e. The van der Waals surface area contributed by atoms with E-state index in [0.29, 0.717) is 6.04 Å². The largest absolute Gasteiger partial charge is 0.331 e. The lowest BCUT2D eigenvalue weighted by Crippen LogP contribution is -2.33. The Hall–Kier alpha value is -0.910. The molecular formula is C19H37N3OS. The molecule has 0 saturated carbocycles. The summed E-state index contributed by atoms with van der Waals surface area (Å²) in [6, 6.07) is 0.697. The lowest BCUT2D eigenvalue weighted by molar-refractivity contribution is -0.105. The van der Waals surface area contributed by atoms with E-state index < -0.39 is 0 Å². The van der Waals surface area contributed by atoms with Gasteiger partial charge in [0.05, 0.1) is 5.69 Å². The maximum atomic E-state index is 10.6. The molecule has 5 heteroatoms. The minimum absolute atomic E-state index is 0.697. The Balaban J connectivity index is 0.00000163. The molecule has 1 aromatic heterocycles. The number of unbranched alkanes of at least 4 members (excludes halogenated alkanes) is 2. The van der Waals surface area contributed by atoms with E-state index in [-0.39, 0.29) is 0 Å². The SMILES string of the molecule is CCCCCC(CCC)N(C)CCc1cscc1NC=O.CCN. The first kappa shape index (κ1) is 23.1. The number of rotatable bonds is 12. The van der Waals surface area contributed by atoms with Gasteiger partial charge < -0.3 is 16.0 Å². The highest BCUT2D eigenvalue weighted by Gasteiger charge is 2.14. The molecule has 1 rings (SSSR count). The lowest BCUT2D eigenvalue weighted by Gasteiger charge is -2.28. The summed E-state index contributed by atoms with van der Waals surface area (Å²) >= 11 is 1.65. The molecule has 0 aliphatic heterocycles. The molecule has 1 atom stereocenters. The van der Waals surface area contributed by atoms with Crippen LogP contribution in [0.3, 0.4) is 0 Å². The third-order valence-electron chi connectivity index (χ3n) is 4.08. The second-order valence-electron chi connectivity index (χ2n) is 6.15. The van der Waals surface area contributed by atoms with E-state index in [1.807, 2.05) is 12.3 Å². The van der Waals surface area contributed by atoms with Crippen molar-refractivity contribution < 1.29 is 4.79 Å². The lowest BCUT2D eigenvalue weighted by atomic mass is 10.0. The molecule has 1 amide bonds. The normalized spacial score (nSPS) is 11.8. The van der Waals surface area contributed by atoms with Crippen LogP contribution in [0.4, 0.5) is 5.69 Å². The average molecular weight is 356 g/mol. The molecule has 0 spiro atoms. The fourth-order valence-electron chi connectivity index (χ4n) is 2.73. The van der Waals surface area contributed by atoms with Gasteiger partial charge in [-0.2, -0.15) is 0 Å². The van der Waals surface area contributed by atoms with E-state index in [1.165, 1.54) is 44.1 Å². The van der Waals surface area contributed by atoms with Crippen LogP contribution in [0.5, 0.6) is 0 Å². The minimum Gasteiger partial charge on any atom is -0.331 e. The van der Waals surface area contributed by atoms with Crippen molar-refractivity contribution in [2.45, 2.75) is 71.8 Å². The van der Waals surface area contributed by atoms with Crippen molar-refractivity contribution in [3.8, 4) is 0 Å². The summed E-state index contributed by atoms with van der Waals surface area (Å²) in [4.78, 5) is 13.1. The van der Waals surface area contributed by atoms with Crippen LogP contribution in [0.25, 0.3) is 0 Å². The van der Waals surface area contributed by atoms with Crippen molar-refractivity contribution >= 4 is 23.4 Å². The summed E-state index contributed by atoms with van der Waals surface area (Å²) < 4.78 is 0. The Labute approximate surface area is 152 Å². The third-order valence-corrected chi connectivity index (χ3v) is 4.87. The van der Waals surface area contributed by atoms with Gasteiger partial charge in [0.1, 0.15) is 0 Å². The second-order valence-corrected chi connectivity index (χ2v) is 6.89. The summed E-state index contributed by atoms with van der Waals surface area (Å²) in [5.41, 5.74) is 7.07. The number of hydrogen-bond donors (Lipinski definition) is 2. The second kappa shape index (κ2) is 15.6. The fraction of sp³-hybridized carbons (Fsp3) is 0.737. The van der Waals surface area contributed by atoms with Crippen LogP contribution in [0.1, 0.15) is 64.9 Å². The van der Waals surface area contributed by atoms with E-state index in [1.54, 1.807) is 11.3 Å². The zero-order chi connectivity index (χ0) is 18.2. The van der Waals surface area contributed by atoms with E-state index in [9.17, 15) is 4.79 Å². The Kier molecular flexibility index (Phi) is 15.0. The Morgan fingerprint density at radius 1 is 1.21 bits per heavy atom. The van der Waals surface area contributed by atoms with Gasteiger partial charge in [-0.1, -0.05) is 46.5 Å². The van der Waals surface area contributed by atoms with Gasteiger partial charge in [-0.05, 0) is 43.8 Å². The predicted molar refractivity (Wildman–Crippen MR) is 108 cm³/mol. The zero-order valence-electron chi connectivity index (χ0n) is 16.0. The molecule has 1 aromatic rings. The number of anilines is 1. The van der Waals surface area contributed by atoms with E-state index >= 15 is 0 Å². The molecule has 3 N–H and O–H groups in total. The molecule has 1 unspecified atom stereocenters. The molecule has 4 nitrogen and oxygen atoms in total. The molecule has 0 saturated heterocycles. The average Bonchev–Trinajstić information content (AvgIpc) is 3.00. The number of carbonyl (C=O) groups is 1. The van der Waals surface area contributed by atoms with Gasteiger partial charge in [0.2, 0.25) is 6.41 Å². The van der Waals surface area contributed by atoms with Gasteiger partial charge >= 0.3 is 0 Å². The highest BCUT2D eigenvalue weighted by atomic mass is 32.1.